The third-order valence-corrected chi connectivity index (χ3v) is 7.08. The molecule has 1 fully saturated rings. The molecule has 1 aliphatic heterocycles. The second-order valence-electron chi connectivity index (χ2n) is 9.67. The summed E-state index contributed by atoms with van der Waals surface area (Å²) in [6.45, 7) is 6.73. The molecule has 1 saturated heterocycles. The molecule has 0 atom stereocenters. The molecule has 37 heavy (non-hydrogen) atoms. The SMILES string of the molecule is Cc1ccc(C)c(-c2ccc(=O)n(CC(=O)N3CCN(C(c4ccccc4)c4ccccc4)CC3)n2)c1. The fraction of sp³-hybridized carbons (Fsp3) is 0.258. The molecule has 6 heteroatoms. The van der Waals surface area contributed by atoms with Gasteiger partial charge in [-0.15, -0.1) is 0 Å². The number of amides is 1. The molecule has 4 aromatic rings. The van der Waals surface area contributed by atoms with E-state index >= 15 is 0 Å². The Balaban J connectivity index is 1.29. The second-order valence-corrected chi connectivity index (χ2v) is 9.67. The van der Waals surface area contributed by atoms with Crippen molar-refractivity contribution in [1.29, 1.82) is 0 Å². The van der Waals surface area contributed by atoms with Crippen molar-refractivity contribution in [3.8, 4) is 11.3 Å². The normalized spacial score (nSPS) is 14.2. The maximum Gasteiger partial charge on any atom is 0.267 e. The van der Waals surface area contributed by atoms with E-state index in [4.69, 9.17) is 0 Å². The Morgan fingerprint density at radius 1 is 0.811 bits per heavy atom. The highest BCUT2D eigenvalue weighted by molar-refractivity contribution is 5.76. The molecule has 0 spiro atoms. The summed E-state index contributed by atoms with van der Waals surface area (Å²) in [4.78, 5) is 30.0. The van der Waals surface area contributed by atoms with Gasteiger partial charge in [-0.1, -0.05) is 78.4 Å². The lowest BCUT2D eigenvalue weighted by atomic mass is 9.96. The van der Waals surface area contributed by atoms with Crippen molar-refractivity contribution in [2.45, 2.75) is 26.4 Å². The Kier molecular flexibility index (Phi) is 7.28. The number of nitrogens with zero attached hydrogens (tertiary/aromatic N) is 4. The lowest BCUT2D eigenvalue weighted by Crippen LogP contribution is -2.51. The van der Waals surface area contributed by atoms with E-state index in [1.165, 1.54) is 21.9 Å². The summed E-state index contributed by atoms with van der Waals surface area (Å²) >= 11 is 0. The first-order valence-corrected chi connectivity index (χ1v) is 12.8. The van der Waals surface area contributed by atoms with Crippen molar-refractivity contribution in [1.82, 2.24) is 19.6 Å². The fourth-order valence-corrected chi connectivity index (χ4v) is 5.06. The zero-order valence-electron chi connectivity index (χ0n) is 21.4. The number of rotatable bonds is 6. The van der Waals surface area contributed by atoms with E-state index in [1.54, 1.807) is 6.07 Å². The molecule has 1 aliphatic rings. The van der Waals surface area contributed by atoms with Crippen LogP contribution < -0.4 is 5.56 Å². The van der Waals surface area contributed by atoms with Crippen molar-refractivity contribution in [3.05, 3.63) is 124 Å². The second kappa shape index (κ2) is 10.9. The largest absolute Gasteiger partial charge is 0.339 e. The summed E-state index contributed by atoms with van der Waals surface area (Å²) in [5.74, 6) is -0.0802. The first-order valence-electron chi connectivity index (χ1n) is 12.8. The highest BCUT2D eigenvalue weighted by Gasteiger charge is 2.28. The van der Waals surface area contributed by atoms with Crippen LogP contribution in [0.3, 0.4) is 0 Å². The highest BCUT2D eigenvalue weighted by Crippen LogP contribution is 2.29. The summed E-state index contributed by atoms with van der Waals surface area (Å²) in [5.41, 5.74) is 6.10. The number of piperazine rings is 1. The predicted octanol–water partition coefficient (Wildman–Crippen LogP) is 4.46. The van der Waals surface area contributed by atoms with Crippen LogP contribution in [0.15, 0.2) is 95.8 Å². The van der Waals surface area contributed by atoms with Crippen molar-refractivity contribution in [2.75, 3.05) is 26.2 Å². The maximum absolute atomic E-state index is 13.2. The number of aryl methyl sites for hydroxylation is 2. The van der Waals surface area contributed by atoms with Crippen LogP contribution >= 0.6 is 0 Å². The van der Waals surface area contributed by atoms with Gasteiger partial charge in [0.25, 0.3) is 5.56 Å². The molecule has 1 amide bonds. The van der Waals surface area contributed by atoms with Crippen LogP contribution in [0.1, 0.15) is 28.3 Å². The molecule has 188 valence electrons. The third-order valence-electron chi connectivity index (χ3n) is 7.08. The quantitative estimate of drug-likeness (QED) is 0.399. The zero-order valence-corrected chi connectivity index (χ0v) is 21.4. The highest BCUT2D eigenvalue weighted by atomic mass is 16.2. The Labute approximate surface area is 217 Å². The van der Waals surface area contributed by atoms with Gasteiger partial charge in [0.05, 0.1) is 11.7 Å². The zero-order chi connectivity index (χ0) is 25.8. The van der Waals surface area contributed by atoms with Crippen LogP contribution in [0.25, 0.3) is 11.3 Å². The molecule has 0 bridgehead atoms. The van der Waals surface area contributed by atoms with Crippen LogP contribution in [-0.2, 0) is 11.3 Å². The summed E-state index contributed by atoms with van der Waals surface area (Å²) in [5, 5.41) is 4.55. The van der Waals surface area contributed by atoms with E-state index in [2.05, 4.69) is 70.7 Å². The van der Waals surface area contributed by atoms with Crippen LogP contribution in [0.4, 0.5) is 0 Å². The van der Waals surface area contributed by atoms with Gasteiger partial charge in [0.2, 0.25) is 5.91 Å². The van der Waals surface area contributed by atoms with Crippen molar-refractivity contribution in [2.24, 2.45) is 0 Å². The predicted molar refractivity (Wildman–Crippen MR) is 146 cm³/mol. The molecule has 5 rings (SSSR count). The molecule has 0 aliphatic carbocycles. The van der Waals surface area contributed by atoms with Crippen LogP contribution in [0.5, 0.6) is 0 Å². The minimum absolute atomic E-state index is 0.0572. The number of hydrogen-bond acceptors (Lipinski definition) is 4. The Hall–Kier alpha value is -4.03. The maximum atomic E-state index is 13.2. The minimum Gasteiger partial charge on any atom is -0.339 e. The molecule has 6 nitrogen and oxygen atoms in total. The monoisotopic (exact) mass is 492 g/mol. The van der Waals surface area contributed by atoms with E-state index in [1.807, 2.05) is 36.9 Å². The summed E-state index contributed by atoms with van der Waals surface area (Å²) in [6, 6.07) is 30.5. The van der Waals surface area contributed by atoms with Crippen molar-refractivity contribution < 1.29 is 4.79 Å². The van der Waals surface area contributed by atoms with Gasteiger partial charge >= 0.3 is 0 Å². The number of benzene rings is 3. The lowest BCUT2D eigenvalue weighted by Gasteiger charge is -2.39. The average Bonchev–Trinajstić information content (AvgIpc) is 2.93. The van der Waals surface area contributed by atoms with Gasteiger partial charge in [-0.3, -0.25) is 14.5 Å². The fourth-order valence-electron chi connectivity index (χ4n) is 5.06. The molecular formula is C31H32N4O2. The van der Waals surface area contributed by atoms with Gasteiger partial charge in [0.15, 0.2) is 0 Å². The van der Waals surface area contributed by atoms with Gasteiger partial charge in [-0.05, 0) is 42.7 Å². The Morgan fingerprint density at radius 3 is 2.05 bits per heavy atom. The Morgan fingerprint density at radius 2 is 1.43 bits per heavy atom. The van der Waals surface area contributed by atoms with Crippen LogP contribution in [-0.4, -0.2) is 51.7 Å². The average molecular weight is 493 g/mol. The topological polar surface area (TPSA) is 58.4 Å². The number of carbonyl (C=O) groups excluding carboxylic acids is 1. The van der Waals surface area contributed by atoms with Crippen LogP contribution in [0, 0.1) is 13.8 Å². The standard InChI is InChI=1S/C31H32N4O2/c1-23-13-14-24(2)27(21-23)28-15-16-29(36)35(32-28)22-30(37)33-17-19-34(20-18-33)31(25-9-5-3-6-10-25)26-11-7-4-8-12-26/h3-16,21,31H,17-20,22H2,1-2H3. The molecule has 3 aromatic carbocycles. The molecule has 2 heterocycles. The Bertz CT molecular complexity index is 1390. The number of hydrogen-bond donors (Lipinski definition) is 0. The lowest BCUT2D eigenvalue weighted by molar-refractivity contribution is -0.134. The van der Waals surface area contributed by atoms with Gasteiger partial charge in [-0.25, -0.2) is 4.68 Å². The van der Waals surface area contributed by atoms with Gasteiger partial charge < -0.3 is 4.90 Å². The van der Waals surface area contributed by atoms with E-state index in [-0.39, 0.29) is 24.1 Å². The molecule has 0 saturated carbocycles. The first kappa shape index (κ1) is 24.7. The summed E-state index contributed by atoms with van der Waals surface area (Å²) in [7, 11) is 0. The number of aromatic nitrogens is 2. The van der Waals surface area contributed by atoms with Crippen LogP contribution in [0.2, 0.25) is 0 Å². The van der Waals surface area contributed by atoms with Gasteiger partial charge in [-0.2, -0.15) is 5.10 Å². The van der Waals surface area contributed by atoms with E-state index in [0.717, 1.165) is 29.8 Å². The molecular weight excluding hydrogens is 460 g/mol. The molecule has 0 radical (unpaired) electrons. The number of carbonyl (C=O) groups is 1. The van der Waals surface area contributed by atoms with Crippen molar-refractivity contribution >= 4 is 5.91 Å². The van der Waals surface area contributed by atoms with Crippen molar-refractivity contribution in [3.63, 3.8) is 0 Å². The minimum atomic E-state index is -0.269. The van der Waals surface area contributed by atoms with E-state index < -0.39 is 0 Å². The van der Waals surface area contributed by atoms with Gasteiger partial charge in [0, 0.05) is 37.8 Å². The van der Waals surface area contributed by atoms with E-state index in [0.29, 0.717) is 18.8 Å². The molecule has 0 N–H and O–H groups in total. The molecule has 1 aromatic heterocycles. The summed E-state index contributed by atoms with van der Waals surface area (Å²) < 4.78 is 1.29. The van der Waals surface area contributed by atoms with E-state index in [9.17, 15) is 9.59 Å². The van der Waals surface area contributed by atoms with Gasteiger partial charge in [0.1, 0.15) is 6.54 Å². The molecule has 0 unspecified atom stereocenters. The summed E-state index contributed by atoms with van der Waals surface area (Å²) in [6.07, 6.45) is 0. The third kappa shape index (κ3) is 5.54. The smallest absolute Gasteiger partial charge is 0.267 e. The first-order chi connectivity index (χ1) is 18.0.